The van der Waals surface area contributed by atoms with Crippen LogP contribution in [0.4, 0.5) is 0 Å². The lowest BCUT2D eigenvalue weighted by Gasteiger charge is -2.55. The van der Waals surface area contributed by atoms with Crippen molar-refractivity contribution in [3.63, 3.8) is 0 Å². The van der Waals surface area contributed by atoms with Crippen LogP contribution in [0.15, 0.2) is 48.9 Å². The number of fused-ring (bicyclic) bond motifs is 1. The number of ether oxygens (including phenoxy) is 1. The minimum atomic E-state index is 0.366. The standard InChI is InChI=1S/C22H23N3O/c1-2-16(8-21-15(1)3-4-24-21)17-7-20(10-23-9-17)26-22-18-5-14-6-19(22)13-25(11-14)12-18/h1-4,7-10,14,18-19,22,24H,5-6,11-13H2/t14?,18-,19-,22?/m0/s1. The summed E-state index contributed by atoms with van der Waals surface area (Å²) in [5.41, 5.74) is 3.45. The number of hydrogen-bond acceptors (Lipinski definition) is 3. The summed E-state index contributed by atoms with van der Waals surface area (Å²) < 4.78 is 6.53. The molecule has 2 aromatic heterocycles. The molecule has 2 atom stereocenters. The van der Waals surface area contributed by atoms with E-state index >= 15 is 0 Å². The number of nitrogens with one attached hydrogen (secondary N) is 1. The van der Waals surface area contributed by atoms with Gasteiger partial charge in [0.2, 0.25) is 0 Å². The van der Waals surface area contributed by atoms with Gasteiger partial charge in [-0.05, 0) is 47.9 Å². The quantitative estimate of drug-likeness (QED) is 0.781. The molecule has 1 N–H and O–H groups in total. The number of benzene rings is 1. The second-order valence-corrected chi connectivity index (χ2v) is 8.35. The summed E-state index contributed by atoms with van der Waals surface area (Å²) in [5.74, 6) is 3.21. The Hall–Kier alpha value is -2.33. The molecule has 1 aromatic carbocycles. The molecule has 0 unspecified atom stereocenters. The van der Waals surface area contributed by atoms with Gasteiger partial charge in [-0.2, -0.15) is 0 Å². The van der Waals surface area contributed by atoms with Crippen molar-refractivity contribution in [3.8, 4) is 16.9 Å². The summed E-state index contributed by atoms with van der Waals surface area (Å²) in [6.07, 6.45) is 8.84. The number of aromatic nitrogens is 2. The maximum Gasteiger partial charge on any atom is 0.138 e. The third kappa shape index (κ3) is 2.36. The Balaban J connectivity index is 1.28. The van der Waals surface area contributed by atoms with E-state index in [9.17, 15) is 0 Å². The molecule has 4 nitrogen and oxygen atoms in total. The van der Waals surface area contributed by atoms with E-state index in [0.29, 0.717) is 17.9 Å². The van der Waals surface area contributed by atoms with Crippen LogP contribution >= 0.6 is 0 Å². The first-order valence-corrected chi connectivity index (χ1v) is 9.73. The van der Waals surface area contributed by atoms with E-state index in [1.165, 1.54) is 43.4 Å². The number of aromatic amines is 1. The molecule has 7 rings (SSSR count). The van der Waals surface area contributed by atoms with Crippen molar-refractivity contribution in [2.45, 2.75) is 18.9 Å². The van der Waals surface area contributed by atoms with Gasteiger partial charge in [0.15, 0.2) is 0 Å². The first-order chi connectivity index (χ1) is 12.8. The molecule has 3 aliphatic heterocycles. The van der Waals surface area contributed by atoms with Crippen LogP contribution in [0.25, 0.3) is 22.0 Å². The zero-order valence-electron chi connectivity index (χ0n) is 14.8. The fraction of sp³-hybridized carbons (Fsp3) is 0.409. The first-order valence-electron chi connectivity index (χ1n) is 9.73. The Morgan fingerprint density at radius 1 is 0.962 bits per heavy atom. The predicted molar refractivity (Wildman–Crippen MR) is 102 cm³/mol. The molecule has 4 heteroatoms. The highest BCUT2D eigenvalue weighted by atomic mass is 16.5. The van der Waals surface area contributed by atoms with Gasteiger partial charge in [0.25, 0.3) is 0 Å². The highest BCUT2D eigenvalue weighted by molar-refractivity contribution is 5.84. The van der Waals surface area contributed by atoms with E-state index in [1.54, 1.807) is 0 Å². The Bertz CT molecular complexity index is 935. The minimum Gasteiger partial charge on any atom is -0.488 e. The maximum atomic E-state index is 6.53. The topological polar surface area (TPSA) is 41.1 Å². The lowest BCUT2D eigenvalue weighted by atomic mass is 9.66. The number of hydrogen-bond donors (Lipinski definition) is 1. The first kappa shape index (κ1) is 14.8. The van der Waals surface area contributed by atoms with E-state index in [0.717, 1.165) is 22.7 Å². The fourth-order valence-electron chi connectivity index (χ4n) is 5.58. The van der Waals surface area contributed by atoms with Crippen LogP contribution in [0, 0.1) is 17.8 Å². The van der Waals surface area contributed by atoms with Crippen molar-refractivity contribution in [1.29, 1.82) is 0 Å². The lowest BCUT2D eigenvalue weighted by molar-refractivity contribution is -0.0985. The van der Waals surface area contributed by atoms with Gasteiger partial charge in [0.1, 0.15) is 11.9 Å². The third-order valence-electron chi connectivity index (χ3n) is 6.58. The predicted octanol–water partition coefficient (Wildman–Crippen LogP) is 3.95. The number of nitrogens with zero attached hydrogens (tertiary/aromatic N) is 2. The fourth-order valence-corrected chi connectivity index (χ4v) is 5.58. The van der Waals surface area contributed by atoms with Gasteiger partial charge in [-0.3, -0.25) is 4.98 Å². The number of piperidine rings is 3. The Labute approximate surface area is 153 Å². The summed E-state index contributed by atoms with van der Waals surface area (Å²) >= 11 is 0. The molecule has 26 heavy (non-hydrogen) atoms. The highest BCUT2D eigenvalue weighted by Crippen LogP contribution is 2.45. The molecular weight excluding hydrogens is 322 g/mol. The Morgan fingerprint density at radius 2 is 1.85 bits per heavy atom. The average Bonchev–Trinajstić information content (AvgIpc) is 3.12. The van der Waals surface area contributed by atoms with E-state index in [4.69, 9.17) is 4.74 Å². The normalized spacial score (nSPS) is 32.2. The summed E-state index contributed by atoms with van der Waals surface area (Å²) in [5, 5.41) is 1.23. The molecule has 3 aromatic rings. The van der Waals surface area contributed by atoms with E-state index in [2.05, 4.69) is 45.2 Å². The van der Waals surface area contributed by atoms with Crippen molar-refractivity contribution in [2.75, 3.05) is 19.6 Å². The summed E-state index contributed by atoms with van der Waals surface area (Å²) in [7, 11) is 0. The molecule has 3 saturated heterocycles. The zero-order chi connectivity index (χ0) is 17.1. The molecule has 4 aliphatic rings. The summed E-state index contributed by atoms with van der Waals surface area (Å²) in [4.78, 5) is 10.4. The van der Waals surface area contributed by atoms with Gasteiger partial charge in [-0.1, -0.05) is 12.1 Å². The lowest BCUT2D eigenvalue weighted by Crippen LogP contribution is -2.61. The molecule has 4 fully saturated rings. The van der Waals surface area contributed by atoms with Gasteiger partial charge in [0.05, 0.1) is 6.20 Å². The molecular formula is C22H23N3O. The Morgan fingerprint density at radius 3 is 2.69 bits per heavy atom. The van der Waals surface area contributed by atoms with Crippen LogP contribution in [0.5, 0.6) is 5.75 Å². The molecule has 0 radical (unpaired) electrons. The van der Waals surface area contributed by atoms with Crippen LogP contribution in [-0.4, -0.2) is 40.6 Å². The number of H-pyrrole nitrogens is 1. The molecule has 132 valence electrons. The van der Waals surface area contributed by atoms with E-state index < -0.39 is 0 Å². The van der Waals surface area contributed by atoms with Gasteiger partial charge < -0.3 is 14.6 Å². The Kier molecular flexibility index (Phi) is 3.18. The van der Waals surface area contributed by atoms with Crippen LogP contribution < -0.4 is 4.74 Å². The van der Waals surface area contributed by atoms with Crippen LogP contribution in [0.2, 0.25) is 0 Å². The van der Waals surface area contributed by atoms with Gasteiger partial charge >= 0.3 is 0 Å². The second kappa shape index (κ2) is 5.58. The van der Waals surface area contributed by atoms with Gasteiger partial charge in [0, 0.05) is 54.9 Å². The number of pyridine rings is 1. The van der Waals surface area contributed by atoms with Crippen LogP contribution in [0.3, 0.4) is 0 Å². The van der Waals surface area contributed by atoms with Crippen LogP contribution in [0.1, 0.15) is 12.8 Å². The highest BCUT2D eigenvalue weighted by Gasteiger charge is 2.48. The molecule has 5 heterocycles. The zero-order valence-corrected chi connectivity index (χ0v) is 14.8. The van der Waals surface area contributed by atoms with Crippen molar-refractivity contribution < 1.29 is 4.74 Å². The molecule has 1 aliphatic carbocycles. The van der Waals surface area contributed by atoms with Gasteiger partial charge in [-0.15, -0.1) is 0 Å². The molecule has 0 amide bonds. The third-order valence-corrected chi connectivity index (χ3v) is 6.58. The SMILES string of the molecule is c1cc2ccc(-c3cncc(OC4[C@H]5CC6C[C@H]4CN(C6)C5)c3)cc2[nH]1. The summed E-state index contributed by atoms with van der Waals surface area (Å²) in [6.45, 7) is 3.75. The molecule has 0 spiro atoms. The smallest absolute Gasteiger partial charge is 0.138 e. The van der Waals surface area contributed by atoms with Crippen molar-refractivity contribution in [1.82, 2.24) is 14.9 Å². The maximum absolute atomic E-state index is 6.53. The summed E-state index contributed by atoms with van der Waals surface area (Å²) in [6, 6.07) is 10.8. The van der Waals surface area contributed by atoms with Crippen molar-refractivity contribution in [3.05, 3.63) is 48.9 Å². The molecule has 1 saturated carbocycles. The number of rotatable bonds is 3. The monoisotopic (exact) mass is 345 g/mol. The van der Waals surface area contributed by atoms with E-state index in [1.807, 2.05) is 18.6 Å². The largest absolute Gasteiger partial charge is 0.488 e. The van der Waals surface area contributed by atoms with E-state index in [-0.39, 0.29) is 0 Å². The van der Waals surface area contributed by atoms with Crippen molar-refractivity contribution in [2.24, 2.45) is 17.8 Å². The average molecular weight is 345 g/mol. The minimum absolute atomic E-state index is 0.366. The van der Waals surface area contributed by atoms with Crippen molar-refractivity contribution >= 4 is 10.9 Å². The van der Waals surface area contributed by atoms with Crippen LogP contribution in [-0.2, 0) is 0 Å². The molecule has 4 bridgehead atoms. The van der Waals surface area contributed by atoms with Gasteiger partial charge in [-0.25, -0.2) is 0 Å². The second-order valence-electron chi connectivity index (χ2n) is 8.35.